The smallest absolute Gasteiger partial charge is 0.350 e. The van der Waals surface area contributed by atoms with Crippen molar-refractivity contribution in [3.8, 4) is 10.4 Å². The van der Waals surface area contributed by atoms with Gasteiger partial charge in [0, 0.05) is 10.4 Å². The number of hydrogen-bond acceptors (Lipinski definition) is 5. The molecule has 0 saturated carbocycles. The second-order valence-corrected chi connectivity index (χ2v) is 6.75. The number of benzene rings is 1. The van der Waals surface area contributed by atoms with Gasteiger partial charge in [-0.25, -0.2) is 9.18 Å². The van der Waals surface area contributed by atoms with Crippen molar-refractivity contribution in [1.29, 1.82) is 0 Å². The number of hydrogen-bond donors (Lipinski definition) is 1. The van der Waals surface area contributed by atoms with Crippen LogP contribution >= 0.6 is 22.7 Å². The van der Waals surface area contributed by atoms with E-state index in [4.69, 9.17) is 0 Å². The minimum Gasteiger partial charge on any atom is -0.465 e. The normalized spacial score (nSPS) is 10.4. The fraction of sp³-hybridized carbons (Fsp3) is 0.0588. The Kier molecular flexibility index (Phi) is 4.73. The van der Waals surface area contributed by atoms with Crippen molar-refractivity contribution in [1.82, 2.24) is 0 Å². The van der Waals surface area contributed by atoms with E-state index in [0.29, 0.717) is 25.9 Å². The van der Waals surface area contributed by atoms with Crippen LogP contribution in [0.3, 0.4) is 0 Å². The molecule has 1 aromatic carbocycles. The molecule has 0 saturated heterocycles. The maximum atomic E-state index is 13.8. The Morgan fingerprint density at radius 3 is 2.67 bits per heavy atom. The zero-order chi connectivity index (χ0) is 17.1. The van der Waals surface area contributed by atoms with E-state index in [0.717, 1.165) is 0 Å². The summed E-state index contributed by atoms with van der Waals surface area (Å²) in [6.45, 7) is 0. The number of nitrogens with one attached hydrogen (secondary N) is 1. The second-order valence-electron chi connectivity index (χ2n) is 4.75. The second kappa shape index (κ2) is 6.94. The average Bonchev–Trinajstić information content (AvgIpc) is 3.24. The standard InChI is InChI=1S/C17H12FNO3S2/c1-22-17(21)15-12(8-9-23-15)19-16(20)14-7-6-13(24-14)10-4-2-3-5-11(10)18/h2-9H,1H3,(H,19,20). The van der Waals surface area contributed by atoms with Crippen molar-refractivity contribution in [2.24, 2.45) is 0 Å². The Morgan fingerprint density at radius 1 is 1.12 bits per heavy atom. The van der Waals surface area contributed by atoms with Crippen molar-refractivity contribution in [3.63, 3.8) is 0 Å². The predicted molar refractivity (Wildman–Crippen MR) is 93.3 cm³/mol. The van der Waals surface area contributed by atoms with Gasteiger partial charge < -0.3 is 10.1 Å². The van der Waals surface area contributed by atoms with Gasteiger partial charge in [0.1, 0.15) is 10.7 Å². The quantitative estimate of drug-likeness (QED) is 0.688. The van der Waals surface area contributed by atoms with Crippen LogP contribution in [0.25, 0.3) is 10.4 Å². The monoisotopic (exact) mass is 361 g/mol. The molecule has 0 atom stereocenters. The van der Waals surface area contributed by atoms with E-state index in [1.54, 1.807) is 41.8 Å². The van der Waals surface area contributed by atoms with E-state index >= 15 is 0 Å². The molecule has 3 rings (SSSR count). The Bertz CT molecular complexity index is 901. The molecule has 0 radical (unpaired) electrons. The molecule has 0 aliphatic heterocycles. The number of thiophene rings is 2. The zero-order valence-electron chi connectivity index (χ0n) is 12.5. The van der Waals surface area contributed by atoms with Gasteiger partial charge in [-0.15, -0.1) is 22.7 Å². The van der Waals surface area contributed by atoms with Gasteiger partial charge in [0.25, 0.3) is 5.91 Å². The number of rotatable bonds is 4. The molecule has 122 valence electrons. The van der Waals surface area contributed by atoms with Gasteiger partial charge in [0.2, 0.25) is 0 Å². The van der Waals surface area contributed by atoms with E-state index < -0.39 is 5.97 Å². The summed E-state index contributed by atoms with van der Waals surface area (Å²) in [6, 6.07) is 11.4. The van der Waals surface area contributed by atoms with Crippen LogP contribution < -0.4 is 5.32 Å². The molecule has 0 fully saturated rings. The SMILES string of the molecule is COC(=O)c1sccc1NC(=O)c1ccc(-c2ccccc2F)s1. The lowest BCUT2D eigenvalue weighted by molar-refractivity contribution is 0.0607. The highest BCUT2D eigenvalue weighted by Gasteiger charge is 2.18. The third kappa shape index (κ3) is 3.22. The molecule has 0 unspecified atom stereocenters. The lowest BCUT2D eigenvalue weighted by atomic mass is 10.2. The highest BCUT2D eigenvalue weighted by Crippen LogP contribution is 2.31. The first-order valence-electron chi connectivity index (χ1n) is 6.92. The van der Waals surface area contributed by atoms with Crippen LogP contribution in [0.1, 0.15) is 19.3 Å². The van der Waals surface area contributed by atoms with Crippen LogP contribution in [0.15, 0.2) is 47.8 Å². The van der Waals surface area contributed by atoms with Crippen molar-refractivity contribution >= 4 is 40.2 Å². The van der Waals surface area contributed by atoms with Crippen LogP contribution in [-0.4, -0.2) is 19.0 Å². The summed E-state index contributed by atoms with van der Waals surface area (Å²) in [4.78, 5) is 25.4. The number of amides is 1. The van der Waals surface area contributed by atoms with Crippen LogP contribution in [0.5, 0.6) is 0 Å². The molecule has 7 heteroatoms. The Balaban J connectivity index is 1.81. The van der Waals surface area contributed by atoms with Crippen molar-refractivity contribution in [3.05, 3.63) is 63.4 Å². The summed E-state index contributed by atoms with van der Waals surface area (Å²) >= 11 is 2.37. The Hall–Kier alpha value is -2.51. The molecule has 2 aromatic heterocycles. The molecule has 0 aliphatic carbocycles. The lowest BCUT2D eigenvalue weighted by Crippen LogP contribution is -2.12. The van der Waals surface area contributed by atoms with Gasteiger partial charge in [-0.2, -0.15) is 0 Å². The minimum atomic E-state index is -0.501. The maximum Gasteiger partial charge on any atom is 0.350 e. The van der Waals surface area contributed by atoms with Gasteiger partial charge in [-0.1, -0.05) is 18.2 Å². The third-order valence-corrected chi connectivity index (χ3v) is 5.27. The number of carbonyl (C=O) groups is 2. The van der Waals surface area contributed by atoms with Crippen LogP contribution in [0, 0.1) is 5.82 Å². The number of methoxy groups -OCH3 is 1. The van der Waals surface area contributed by atoms with Gasteiger partial charge in [-0.05, 0) is 29.6 Å². The molecular formula is C17H12FNO3S2. The number of anilines is 1. The Morgan fingerprint density at radius 2 is 1.92 bits per heavy atom. The van der Waals surface area contributed by atoms with Crippen molar-refractivity contribution < 1.29 is 18.7 Å². The zero-order valence-corrected chi connectivity index (χ0v) is 14.2. The van der Waals surface area contributed by atoms with Gasteiger partial charge in [0.15, 0.2) is 0 Å². The summed E-state index contributed by atoms with van der Waals surface area (Å²) in [7, 11) is 1.29. The molecule has 0 aliphatic rings. The topological polar surface area (TPSA) is 55.4 Å². The molecule has 2 heterocycles. The maximum absolute atomic E-state index is 13.8. The highest BCUT2D eigenvalue weighted by atomic mass is 32.1. The molecule has 4 nitrogen and oxygen atoms in total. The highest BCUT2D eigenvalue weighted by molar-refractivity contribution is 7.17. The first kappa shape index (κ1) is 16.4. The van der Waals surface area contributed by atoms with Crippen molar-refractivity contribution in [2.75, 3.05) is 12.4 Å². The number of carbonyl (C=O) groups excluding carboxylic acids is 2. The van der Waals surface area contributed by atoms with Gasteiger partial charge in [0.05, 0.1) is 17.7 Å². The first-order chi connectivity index (χ1) is 11.6. The predicted octanol–water partition coefficient (Wildman–Crippen LogP) is 4.65. The molecule has 24 heavy (non-hydrogen) atoms. The Labute approximate surface area is 145 Å². The fourth-order valence-corrected chi connectivity index (χ4v) is 3.80. The molecular weight excluding hydrogens is 349 g/mol. The summed E-state index contributed by atoms with van der Waals surface area (Å²) in [6.07, 6.45) is 0. The average molecular weight is 361 g/mol. The summed E-state index contributed by atoms with van der Waals surface area (Å²) in [5.41, 5.74) is 0.852. The fourth-order valence-electron chi connectivity index (χ4n) is 2.11. The summed E-state index contributed by atoms with van der Waals surface area (Å²) < 4.78 is 18.5. The molecule has 1 N–H and O–H groups in total. The molecule has 0 spiro atoms. The van der Waals surface area contributed by atoms with E-state index in [2.05, 4.69) is 10.1 Å². The van der Waals surface area contributed by atoms with E-state index in [1.165, 1.54) is 35.8 Å². The minimum absolute atomic E-state index is 0.330. The van der Waals surface area contributed by atoms with Crippen LogP contribution in [0.2, 0.25) is 0 Å². The largest absolute Gasteiger partial charge is 0.465 e. The number of halogens is 1. The van der Waals surface area contributed by atoms with E-state index in [9.17, 15) is 14.0 Å². The van der Waals surface area contributed by atoms with E-state index in [1.807, 2.05) is 0 Å². The number of esters is 1. The van der Waals surface area contributed by atoms with Crippen molar-refractivity contribution in [2.45, 2.75) is 0 Å². The van der Waals surface area contributed by atoms with Crippen LogP contribution in [0.4, 0.5) is 10.1 Å². The summed E-state index contributed by atoms with van der Waals surface area (Å²) in [5.74, 6) is -1.19. The van der Waals surface area contributed by atoms with Crippen LogP contribution in [-0.2, 0) is 4.74 Å². The first-order valence-corrected chi connectivity index (χ1v) is 8.61. The third-order valence-electron chi connectivity index (χ3n) is 3.25. The molecule has 3 aromatic rings. The van der Waals surface area contributed by atoms with E-state index in [-0.39, 0.29) is 11.7 Å². The summed E-state index contributed by atoms with van der Waals surface area (Å²) in [5, 5.41) is 4.38. The molecule has 1 amide bonds. The molecule has 0 bridgehead atoms. The lowest BCUT2D eigenvalue weighted by Gasteiger charge is -2.04. The van der Waals surface area contributed by atoms with Gasteiger partial charge >= 0.3 is 5.97 Å². The van der Waals surface area contributed by atoms with Gasteiger partial charge in [-0.3, -0.25) is 4.79 Å². The number of ether oxygens (including phenoxy) is 1.